The van der Waals surface area contributed by atoms with Crippen molar-refractivity contribution in [2.24, 2.45) is 0 Å². The second-order valence-corrected chi connectivity index (χ2v) is 7.58. The first kappa shape index (κ1) is 18.5. The number of benzene rings is 3. The summed E-state index contributed by atoms with van der Waals surface area (Å²) in [6.07, 6.45) is 0. The number of carbonyl (C=O) groups is 1. The van der Waals surface area contributed by atoms with Crippen LogP contribution in [0.5, 0.6) is 11.5 Å². The summed E-state index contributed by atoms with van der Waals surface area (Å²) in [5, 5.41) is 23.0. The van der Waals surface area contributed by atoms with Crippen LogP contribution in [0.1, 0.15) is 0 Å². The quantitative estimate of drug-likeness (QED) is 0.700. The third kappa shape index (κ3) is 3.52. The van der Waals surface area contributed by atoms with Crippen molar-refractivity contribution in [3.8, 4) is 11.5 Å². The third-order valence-electron chi connectivity index (χ3n) is 4.05. The van der Waals surface area contributed by atoms with Crippen LogP contribution in [-0.4, -0.2) is 33.1 Å². The van der Waals surface area contributed by atoms with Crippen molar-refractivity contribution in [1.29, 1.82) is 0 Å². The van der Waals surface area contributed by atoms with Crippen LogP contribution in [0.25, 0.3) is 10.8 Å². The number of ether oxygens (including phenoxy) is 1. The normalized spacial score (nSPS) is 11.3. The topological polar surface area (TPSA) is 104 Å². The summed E-state index contributed by atoms with van der Waals surface area (Å²) in [7, 11) is -2.82. The first-order chi connectivity index (χ1) is 12.8. The summed E-state index contributed by atoms with van der Waals surface area (Å²) in [5.74, 6) is -1.47. The molecule has 139 valence electrons. The Morgan fingerprint density at radius 3 is 2.33 bits per heavy atom. The number of sulfonamides is 1. The van der Waals surface area contributed by atoms with Crippen molar-refractivity contribution in [3.63, 3.8) is 0 Å². The van der Waals surface area contributed by atoms with Crippen molar-refractivity contribution < 1.29 is 28.2 Å². The molecule has 0 spiro atoms. The predicted octanol–water partition coefficient (Wildman–Crippen LogP) is 3.27. The number of hydrogen-bond acceptors (Lipinski definition) is 4. The molecule has 0 saturated heterocycles. The summed E-state index contributed by atoms with van der Waals surface area (Å²) in [4.78, 5) is 11.2. The monoisotopic (exact) mass is 386 g/mol. The van der Waals surface area contributed by atoms with Gasteiger partial charge in [-0.2, -0.15) is 0 Å². The Morgan fingerprint density at radius 2 is 1.70 bits per heavy atom. The van der Waals surface area contributed by atoms with Gasteiger partial charge in [-0.05, 0) is 35.7 Å². The molecule has 0 fully saturated rings. The molecular weight excluding hydrogens is 370 g/mol. The minimum absolute atomic E-state index is 0.142. The molecule has 0 aliphatic heterocycles. The zero-order chi connectivity index (χ0) is 19.6. The second kappa shape index (κ2) is 7.16. The van der Waals surface area contributed by atoms with E-state index in [1.165, 1.54) is 37.4 Å². The molecule has 0 aliphatic carbocycles. The lowest BCUT2D eigenvalue weighted by Gasteiger charge is -2.23. The van der Waals surface area contributed by atoms with E-state index in [4.69, 9.17) is 4.74 Å². The molecule has 8 heteroatoms. The molecule has 0 unspecified atom stereocenters. The van der Waals surface area contributed by atoms with Gasteiger partial charge in [0.1, 0.15) is 18.0 Å². The highest BCUT2D eigenvalue weighted by molar-refractivity contribution is 7.92. The molecule has 0 heterocycles. The number of hydrogen-bond donors (Lipinski definition) is 1. The maximum atomic E-state index is 13.0. The zero-order valence-corrected chi connectivity index (χ0v) is 15.1. The number of carboxylic acid groups (broad SMARTS) is 1. The van der Waals surface area contributed by atoms with Gasteiger partial charge >= 0.3 is 5.97 Å². The average Bonchev–Trinajstić information content (AvgIpc) is 2.67. The fourth-order valence-corrected chi connectivity index (χ4v) is 4.14. The van der Waals surface area contributed by atoms with E-state index in [-0.39, 0.29) is 10.6 Å². The van der Waals surface area contributed by atoms with E-state index in [2.05, 4.69) is 0 Å². The summed E-state index contributed by atoms with van der Waals surface area (Å²) in [6.45, 7) is -0.873. The van der Waals surface area contributed by atoms with Gasteiger partial charge in [-0.15, -0.1) is 0 Å². The van der Waals surface area contributed by atoms with E-state index < -0.39 is 28.3 Å². The van der Waals surface area contributed by atoms with Crippen LogP contribution in [0.4, 0.5) is 5.69 Å². The van der Waals surface area contributed by atoms with E-state index in [9.17, 15) is 23.4 Å². The molecule has 0 saturated carbocycles. The minimum atomic E-state index is -4.27. The van der Waals surface area contributed by atoms with Gasteiger partial charge < -0.3 is 9.84 Å². The maximum absolute atomic E-state index is 13.0. The predicted molar refractivity (Wildman–Crippen MR) is 99.2 cm³/mol. The molecule has 3 rings (SSSR count). The molecule has 7 nitrogen and oxygen atoms in total. The summed E-state index contributed by atoms with van der Waals surface area (Å²) in [5.41, 5.74) is -0.216. The van der Waals surface area contributed by atoms with Crippen molar-refractivity contribution in [3.05, 3.63) is 60.7 Å². The summed E-state index contributed by atoms with van der Waals surface area (Å²) >= 11 is 0. The van der Waals surface area contributed by atoms with E-state index in [0.29, 0.717) is 20.8 Å². The molecule has 0 atom stereocenters. The number of methoxy groups -OCH3 is 1. The first-order valence-corrected chi connectivity index (χ1v) is 9.36. The Kier molecular flexibility index (Phi) is 4.91. The van der Waals surface area contributed by atoms with Gasteiger partial charge in [-0.1, -0.05) is 30.3 Å². The number of nitrogens with zero attached hydrogens (tertiary/aromatic N) is 1. The molecule has 0 amide bonds. The lowest BCUT2D eigenvalue weighted by Crippen LogP contribution is -2.35. The molecule has 3 aromatic rings. The third-order valence-corrected chi connectivity index (χ3v) is 5.83. The van der Waals surface area contributed by atoms with Crippen molar-refractivity contribution in [2.75, 3.05) is 18.0 Å². The SMILES string of the molecule is COc1ccc(S(=O)(=O)N(CC(=O)O)c2ccc3ccccc3c2[O])cc1. The van der Waals surface area contributed by atoms with Crippen molar-refractivity contribution in [2.45, 2.75) is 4.90 Å². The van der Waals surface area contributed by atoms with Gasteiger partial charge in [-0.25, -0.2) is 8.42 Å². The number of aliphatic carboxylic acids is 1. The lowest BCUT2D eigenvalue weighted by molar-refractivity contribution is -0.135. The molecule has 1 N–H and O–H groups in total. The van der Waals surface area contributed by atoms with E-state index in [0.717, 1.165) is 0 Å². The fraction of sp³-hybridized carbons (Fsp3) is 0.105. The Balaban J connectivity index is 2.16. The fourth-order valence-electron chi connectivity index (χ4n) is 2.73. The minimum Gasteiger partial charge on any atom is -0.497 e. The van der Waals surface area contributed by atoms with Gasteiger partial charge in [0, 0.05) is 5.39 Å². The van der Waals surface area contributed by atoms with E-state index in [1.54, 1.807) is 30.3 Å². The van der Waals surface area contributed by atoms with Crippen LogP contribution in [0.15, 0.2) is 65.6 Å². The van der Waals surface area contributed by atoms with Gasteiger partial charge in [0.2, 0.25) is 5.75 Å². The van der Waals surface area contributed by atoms with Gasteiger partial charge in [0.25, 0.3) is 10.0 Å². The highest BCUT2D eigenvalue weighted by Gasteiger charge is 2.30. The highest BCUT2D eigenvalue weighted by atomic mass is 32.2. The van der Waals surface area contributed by atoms with Crippen LogP contribution in [0.3, 0.4) is 0 Å². The van der Waals surface area contributed by atoms with Gasteiger partial charge in [0.15, 0.2) is 0 Å². The van der Waals surface area contributed by atoms with E-state index >= 15 is 0 Å². The van der Waals surface area contributed by atoms with Crippen LogP contribution >= 0.6 is 0 Å². The molecule has 27 heavy (non-hydrogen) atoms. The molecule has 3 aromatic carbocycles. The molecular formula is C19H16NO6S. The van der Waals surface area contributed by atoms with Crippen LogP contribution in [0.2, 0.25) is 0 Å². The van der Waals surface area contributed by atoms with Crippen LogP contribution in [-0.2, 0) is 19.9 Å². The summed E-state index contributed by atoms with van der Waals surface area (Å²) < 4.78 is 31.7. The average molecular weight is 386 g/mol. The molecule has 0 bridgehead atoms. The van der Waals surface area contributed by atoms with E-state index in [1.807, 2.05) is 0 Å². The first-order valence-electron chi connectivity index (χ1n) is 7.92. The largest absolute Gasteiger partial charge is 0.497 e. The Labute approximate surface area is 156 Å². The Hall–Kier alpha value is -3.26. The lowest BCUT2D eigenvalue weighted by atomic mass is 10.1. The highest BCUT2D eigenvalue weighted by Crippen LogP contribution is 2.38. The molecule has 1 radical (unpaired) electrons. The number of carboxylic acids is 1. The Morgan fingerprint density at radius 1 is 1.04 bits per heavy atom. The zero-order valence-electron chi connectivity index (χ0n) is 14.3. The maximum Gasteiger partial charge on any atom is 0.324 e. The Bertz CT molecular complexity index is 1090. The molecule has 0 aliphatic rings. The number of rotatable bonds is 6. The van der Waals surface area contributed by atoms with Crippen LogP contribution in [0, 0.1) is 0 Å². The second-order valence-electron chi connectivity index (χ2n) is 5.72. The standard InChI is InChI=1S/C19H16NO6S/c1-26-14-7-9-15(10-8-14)27(24,25)20(12-18(21)22)17-11-6-13-4-2-3-5-16(13)19(17)23/h2-11H,12H2,1H3,(H,21,22). The number of fused-ring (bicyclic) bond motifs is 1. The number of anilines is 1. The van der Waals surface area contributed by atoms with Crippen LogP contribution < -0.4 is 9.04 Å². The molecule has 0 aromatic heterocycles. The smallest absolute Gasteiger partial charge is 0.324 e. The van der Waals surface area contributed by atoms with Crippen molar-refractivity contribution in [1.82, 2.24) is 0 Å². The van der Waals surface area contributed by atoms with Crippen molar-refractivity contribution >= 4 is 32.5 Å². The van der Waals surface area contributed by atoms with Gasteiger partial charge in [-0.3, -0.25) is 14.2 Å². The summed E-state index contributed by atoms with van der Waals surface area (Å²) in [6, 6.07) is 15.1. The van der Waals surface area contributed by atoms with Gasteiger partial charge in [0.05, 0.1) is 12.0 Å².